The van der Waals surface area contributed by atoms with Gasteiger partial charge in [0, 0.05) is 42.7 Å². The van der Waals surface area contributed by atoms with Crippen LogP contribution in [0.4, 0.5) is 0 Å². The molecule has 10 aromatic carbocycles. The second kappa shape index (κ2) is 15.0. The van der Waals surface area contributed by atoms with E-state index in [4.69, 9.17) is 0 Å². The van der Waals surface area contributed by atoms with Gasteiger partial charge in [-0.3, -0.25) is 0 Å². The third-order valence-electron chi connectivity index (χ3n) is 18.9. The molecule has 14 aromatic rings. The zero-order valence-electron chi connectivity index (χ0n) is 43.5. The first-order chi connectivity index (χ1) is 38.3. The molecular formula is C74H48N2S2. The molecule has 0 bridgehead atoms. The summed E-state index contributed by atoms with van der Waals surface area (Å²) in [6.07, 6.45) is 0. The third kappa shape index (κ3) is 5.15. The standard InChI is InChI=1S/C74H48N2S2/c1-41-33-59-57-29-31-77-71(57)73(61(59)35-43(41)3)63-37-45(21-25-49(63)51-27-23-47(39-65(51)73)75-67-17-9-5-13-53(67)54-14-6-10-18-68(54)75)46-22-26-50-52-28-24-48(76-69-19-11-7-15-55(69)56-16-8-12-20-70(56)76)40-66(52)74(64(50)38-46)62-36-44(4)42(2)34-60(62)58-30-32-78-72(58)74/h5-40H,1-4H3/t73-,74-/m0/s1. The fourth-order valence-electron chi connectivity index (χ4n) is 15.3. The molecule has 2 nitrogen and oxygen atoms in total. The molecule has 4 heteroatoms. The van der Waals surface area contributed by atoms with Gasteiger partial charge in [-0.05, 0) is 223 Å². The first-order valence-corrected chi connectivity index (χ1v) is 29.0. The second-order valence-corrected chi connectivity index (χ2v) is 24.3. The molecule has 78 heavy (non-hydrogen) atoms. The summed E-state index contributed by atoms with van der Waals surface area (Å²) < 4.78 is 4.98. The van der Waals surface area contributed by atoms with Crippen LogP contribution in [0.1, 0.15) is 65.4 Å². The number of hydrogen-bond donors (Lipinski definition) is 0. The molecular weight excluding hydrogens is 981 g/mol. The van der Waals surface area contributed by atoms with E-state index in [-0.39, 0.29) is 0 Å². The van der Waals surface area contributed by atoms with Crippen LogP contribution in [0.15, 0.2) is 217 Å². The van der Waals surface area contributed by atoms with Gasteiger partial charge in [0.15, 0.2) is 0 Å². The zero-order chi connectivity index (χ0) is 51.5. The van der Waals surface area contributed by atoms with Crippen LogP contribution in [0.25, 0.3) is 111 Å². The van der Waals surface area contributed by atoms with Gasteiger partial charge in [0.05, 0.1) is 32.9 Å². The van der Waals surface area contributed by atoms with Crippen LogP contribution in [0.2, 0.25) is 0 Å². The Morgan fingerprint density at radius 2 is 0.603 bits per heavy atom. The van der Waals surface area contributed by atoms with Gasteiger partial charge >= 0.3 is 0 Å². The maximum absolute atomic E-state index is 2.59. The van der Waals surface area contributed by atoms with E-state index in [1.165, 1.54) is 176 Å². The van der Waals surface area contributed by atoms with Crippen molar-refractivity contribution in [3.8, 4) is 67.0 Å². The highest BCUT2D eigenvalue weighted by Gasteiger charge is 2.55. The van der Waals surface area contributed by atoms with Crippen LogP contribution in [-0.2, 0) is 10.8 Å². The topological polar surface area (TPSA) is 9.86 Å². The largest absolute Gasteiger partial charge is 0.309 e. The second-order valence-electron chi connectivity index (χ2n) is 22.5. The summed E-state index contributed by atoms with van der Waals surface area (Å²) in [5.41, 5.74) is 33.0. The minimum absolute atomic E-state index is 0.504. The van der Waals surface area contributed by atoms with Gasteiger partial charge in [-0.25, -0.2) is 0 Å². The fraction of sp³-hybridized carbons (Fsp3) is 0.0811. The number of hydrogen-bond acceptors (Lipinski definition) is 2. The van der Waals surface area contributed by atoms with Gasteiger partial charge in [0.2, 0.25) is 0 Å². The summed E-state index contributed by atoms with van der Waals surface area (Å²) >= 11 is 3.84. The van der Waals surface area contributed by atoms with Crippen LogP contribution in [-0.4, -0.2) is 9.13 Å². The average molecular weight is 1030 g/mol. The molecule has 0 N–H and O–H groups in total. The maximum atomic E-state index is 2.59. The number of para-hydroxylation sites is 4. The molecule has 4 aliphatic rings. The monoisotopic (exact) mass is 1030 g/mol. The Bertz CT molecular complexity index is 4620. The highest BCUT2D eigenvalue weighted by Crippen LogP contribution is 2.67. The van der Waals surface area contributed by atoms with Crippen molar-refractivity contribution in [3.63, 3.8) is 0 Å². The first kappa shape index (κ1) is 43.3. The highest BCUT2D eigenvalue weighted by atomic mass is 32.1. The average Bonchev–Trinajstić information content (AvgIpc) is 2.95. The van der Waals surface area contributed by atoms with Crippen LogP contribution in [0.3, 0.4) is 0 Å². The molecule has 18 rings (SSSR count). The van der Waals surface area contributed by atoms with E-state index >= 15 is 0 Å². The lowest BCUT2D eigenvalue weighted by Gasteiger charge is -2.31. The zero-order valence-corrected chi connectivity index (χ0v) is 45.1. The number of fused-ring (bicyclic) bond motifs is 26. The maximum Gasteiger partial charge on any atom is 0.0820 e. The van der Waals surface area contributed by atoms with Crippen molar-refractivity contribution in [2.45, 2.75) is 38.5 Å². The molecule has 4 aliphatic carbocycles. The van der Waals surface area contributed by atoms with Crippen molar-refractivity contribution in [1.82, 2.24) is 9.13 Å². The van der Waals surface area contributed by atoms with Crippen molar-refractivity contribution in [3.05, 3.63) is 282 Å². The van der Waals surface area contributed by atoms with Crippen molar-refractivity contribution < 1.29 is 0 Å². The summed E-state index contributed by atoms with van der Waals surface area (Å²) in [5, 5.41) is 9.76. The number of thiophene rings is 2. The minimum atomic E-state index is -0.504. The summed E-state index contributed by atoms with van der Waals surface area (Å²) in [6.45, 7) is 9.14. The lowest BCUT2D eigenvalue weighted by Crippen LogP contribution is -2.26. The van der Waals surface area contributed by atoms with E-state index in [9.17, 15) is 0 Å². The van der Waals surface area contributed by atoms with E-state index in [0.717, 1.165) is 0 Å². The van der Waals surface area contributed by atoms with E-state index in [2.05, 4.69) is 254 Å². The summed E-state index contributed by atoms with van der Waals surface area (Å²) in [5.74, 6) is 0. The molecule has 2 atom stereocenters. The Kier molecular flexibility index (Phi) is 8.34. The Morgan fingerprint density at radius 3 is 0.987 bits per heavy atom. The van der Waals surface area contributed by atoms with Crippen molar-refractivity contribution in [2.75, 3.05) is 0 Å². The molecule has 2 spiro atoms. The lowest BCUT2D eigenvalue weighted by molar-refractivity contribution is 0.807. The normalized spacial score (nSPS) is 16.8. The van der Waals surface area contributed by atoms with E-state index < -0.39 is 10.8 Å². The van der Waals surface area contributed by atoms with Crippen LogP contribution >= 0.6 is 22.7 Å². The molecule has 0 saturated carbocycles. The number of rotatable bonds is 3. The molecule has 0 amide bonds. The third-order valence-corrected chi connectivity index (χ3v) is 21.0. The Hall–Kier alpha value is -8.80. The van der Waals surface area contributed by atoms with Gasteiger partial charge in [-0.2, -0.15) is 0 Å². The van der Waals surface area contributed by atoms with Crippen molar-refractivity contribution in [1.29, 1.82) is 0 Å². The van der Waals surface area contributed by atoms with Gasteiger partial charge in [0.1, 0.15) is 0 Å². The van der Waals surface area contributed by atoms with Crippen LogP contribution < -0.4 is 0 Å². The number of aromatic nitrogens is 2. The number of benzene rings is 10. The number of aryl methyl sites for hydroxylation is 4. The molecule has 4 aromatic heterocycles. The summed E-state index contributed by atoms with van der Waals surface area (Å²) in [4.78, 5) is 2.83. The van der Waals surface area contributed by atoms with Gasteiger partial charge in [0.25, 0.3) is 0 Å². The van der Waals surface area contributed by atoms with Crippen molar-refractivity contribution >= 4 is 66.3 Å². The quantitative estimate of drug-likeness (QED) is 0.167. The predicted molar refractivity (Wildman–Crippen MR) is 328 cm³/mol. The van der Waals surface area contributed by atoms with Crippen LogP contribution in [0, 0.1) is 27.7 Å². The fourth-order valence-corrected chi connectivity index (χ4v) is 17.6. The van der Waals surface area contributed by atoms with Crippen LogP contribution in [0.5, 0.6) is 0 Å². The molecule has 0 radical (unpaired) electrons. The molecule has 0 aliphatic heterocycles. The van der Waals surface area contributed by atoms with Gasteiger partial charge < -0.3 is 9.13 Å². The SMILES string of the molecule is Cc1cc2c(cc1C)[C@@]1(c3cc(-c4ccc5c(c4)[C@]4(c6cc(-n7c8ccccc8c8ccccc87)ccc6-5)c5cc(C)c(C)cc5-c5ccsc54)ccc3-c3ccc(-n4c5ccccc5c5ccccc54)cc31)c1sccc1-2. The first-order valence-electron chi connectivity index (χ1n) is 27.3. The van der Waals surface area contributed by atoms with Gasteiger partial charge in [-0.1, -0.05) is 133 Å². The smallest absolute Gasteiger partial charge is 0.0820 e. The molecule has 0 fully saturated rings. The Balaban J connectivity index is 0.878. The van der Waals surface area contributed by atoms with Gasteiger partial charge in [-0.15, -0.1) is 22.7 Å². The predicted octanol–water partition coefficient (Wildman–Crippen LogP) is 19.6. The molecule has 0 unspecified atom stereocenters. The molecule has 4 heterocycles. The summed E-state index contributed by atoms with van der Waals surface area (Å²) in [6, 6.07) is 79.9. The molecule has 0 saturated heterocycles. The number of nitrogens with zero attached hydrogens (tertiary/aromatic N) is 2. The highest BCUT2D eigenvalue weighted by molar-refractivity contribution is 7.11. The molecule has 366 valence electrons. The Labute approximate surface area is 460 Å². The summed E-state index contributed by atoms with van der Waals surface area (Å²) in [7, 11) is 0. The van der Waals surface area contributed by atoms with E-state index in [1.54, 1.807) is 0 Å². The van der Waals surface area contributed by atoms with Crippen molar-refractivity contribution in [2.24, 2.45) is 0 Å². The van der Waals surface area contributed by atoms with E-state index in [0.29, 0.717) is 0 Å². The van der Waals surface area contributed by atoms with E-state index in [1.807, 2.05) is 22.7 Å². The lowest BCUT2D eigenvalue weighted by atomic mass is 9.72. The minimum Gasteiger partial charge on any atom is -0.309 e. The Morgan fingerprint density at radius 1 is 0.282 bits per heavy atom.